The lowest BCUT2D eigenvalue weighted by Gasteiger charge is -2.24. The normalized spacial score (nSPS) is 16.3. The molecule has 0 radical (unpaired) electrons. The van der Waals surface area contributed by atoms with Crippen LogP contribution in [0.3, 0.4) is 0 Å². The van der Waals surface area contributed by atoms with Crippen molar-refractivity contribution >= 4 is 27.8 Å². The average Bonchev–Trinajstić information content (AvgIpc) is 2.67. The van der Waals surface area contributed by atoms with Crippen molar-refractivity contribution in [3.05, 3.63) is 86.5 Å². The monoisotopic (exact) mass is 359 g/mol. The molecule has 5 rings (SSSR count). The molecule has 4 aromatic rings. The number of para-hydroxylation sites is 2. The molecule has 1 N–H and O–H groups in total. The van der Waals surface area contributed by atoms with Gasteiger partial charge < -0.3 is 14.1 Å². The summed E-state index contributed by atoms with van der Waals surface area (Å²) in [6.45, 7) is 0. The van der Waals surface area contributed by atoms with E-state index in [0.717, 1.165) is 5.39 Å². The number of fused-ring (bicyclic) bond motifs is 4. The van der Waals surface area contributed by atoms with Gasteiger partial charge in [0, 0.05) is 17.0 Å². The van der Waals surface area contributed by atoms with E-state index in [4.69, 9.17) is 9.15 Å². The highest BCUT2D eigenvalue weighted by Gasteiger charge is 2.35. The summed E-state index contributed by atoms with van der Waals surface area (Å²) in [6.07, 6.45) is -0.0997. The lowest BCUT2D eigenvalue weighted by atomic mass is 9.87. The Kier molecular flexibility index (Phi) is 3.27. The molecule has 6 heteroatoms. The van der Waals surface area contributed by atoms with Crippen LogP contribution < -0.4 is 15.9 Å². The van der Waals surface area contributed by atoms with E-state index in [9.17, 15) is 14.4 Å². The molecule has 1 aliphatic rings. The van der Waals surface area contributed by atoms with E-state index in [0.29, 0.717) is 22.0 Å². The van der Waals surface area contributed by atoms with Crippen molar-refractivity contribution in [1.82, 2.24) is 4.98 Å². The number of carbonyl (C=O) groups is 1. The van der Waals surface area contributed by atoms with Crippen LogP contribution in [0.15, 0.2) is 68.6 Å². The minimum Gasteiger partial charge on any atom is -0.425 e. The molecular formula is C21H13NO5. The minimum atomic E-state index is -0.726. The maximum Gasteiger partial charge on any atom is 0.343 e. The first kappa shape index (κ1) is 15.6. The van der Waals surface area contributed by atoms with E-state index >= 15 is 0 Å². The second kappa shape index (κ2) is 5.67. The number of hydrogen-bond acceptors (Lipinski definition) is 5. The van der Waals surface area contributed by atoms with E-state index in [1.165, 1.54) is 0 Å². The van der Waals surface area contributed by atoms with Gasteiger partial charge in [0.15, 0.2) is 5.75 Å². The van der Waals surface area contributed by atoms with Crippen LogP contribution in [0.25, 0.3) is 21.9 Å². The van der Waals surface area contributed by atoms with Crippen LogP contribution in [0.2, 0.25) is 0 Å². The van der Waals surface area contributed by atoms with Gasteiger partial charge in [-0.05, 0) is 29.7 Å². The fraction of sp³-hybridized carbons (Fsp3) is 0.0952. The van der Waals surface area contributed by atoms with Crippen LogP contribution in [-0.2, 0) is 4.79 Å². The summed E-state index contributed by atoms with van der Waals surface area (Å²) in [5, 5.41) is 1.35. The molecule has 0 fully saturated rings. The standard InChI is InChI=1S/C21H13NO5/c23-17-10-13(14-9-11-5-1-3-7-15(11)22-20(14)24)18-19(27-17)12-6-2-4-8-16(12)26-21(18)25/h1-9,13H,10H2,(H,22,24)/t13-/m0/s1. The Morgan fingerprint density at radius 2 is 1.74 bits per heavy atom. The third kappa shape index (κ3) is 2.38. The first-order valence-electron chi connectivity index (χ1n) is 8.50. The van der Waals surface area contributed by atoms with Crippen LogP contribution in [0.4, 0.5) is 0 Å². The fourth-order valence-electron chi connectivity index (χ4n) is 3.66. The maximum absolute atomic E-state index is 12.7. The van der Waals surface area contributed by atoms with E-state index in [2.05, 4.69) is 4.98 Å². The van der Waals surface area contributed by atoms with Crippen LogP contribution >= 0.6 is 0 Å². The van der Waals surface area contributed by atoms with Gasteiger partial charge in [0.2, 0.25) is 0 Å². The van der Waals surface area contributed by atoms with Crippen molar-refractivity contribution in [2.75, 3.05) is 0 Å². The van der Waals surface area contributed by atoms with E-state index in [1.807, 2.05) is 18.2 Å². The Balaban J connectivity index is 1.82. The molecule has 0 spiro atoms. The molecule has 2 aromatic carbocycles. The van der Waals surface area contributed by atoms with E-state index in [1.54, 1.807) is 36.4 Å². The summed E-state index contributed by atoms with van der Waals surface area (Å²) >= 11 is 0. The quantitative estimate of drug-likeness (QED) is 0.417. The summed E-state index contributed by atoms with van der Waals surface area (Å²) in [5.74, 6) is -1.04. The molecule has 0 saturated heterocycles. The zero-order valence-corrected chi connectivity index (χ0v) is 14.0. The van der Waals surface area contributed by atoms with Crippen molar-refractivity contribution in [3.8, 4) is 5.75 Å². The third-order valence-corrected chi connectivity index (χ3v) is 4.89. The number of nitrogens with one attached hydrogen (secondary N) is 1. The molecule has 27 heavy (non-hydrogen) atoms. The van der Waals surface area contributed by atoms with E-state index < -0.39 is 17.5 Å². The number of rotatable bonds is 1. The Morgan fingerprint density at radius 3 is 2.63 bits per heavy atom. The van der Waals surface area contributed by atoms with Crippen molar-refractivity contribution in [2.24, 2.45) is 0 Å². The van der Waals surface area contributed by atoms with Gasteiger partial charge in [0.05, 0.1) is 17.4 Å². The summed E-state index contributed by atoms with van der Waals surface area (Å²) in [6, 6.07) is 15.9. The summed E-state index contributed by atoms with van der Waals surface area (Å²) in [7, 11) is 0. The molecule has 0 unspecified atom stereocenters. The number of aromatic nitrogens is 1. The number of carbonyl (C=O) groups excluding carboxylic acids is 1. The van der Waals surface area contributed by atoms with Gasteiger partial charge in [-0.3, -0.25) is 9.59 Å². The minimum absolute atomic E-state index is 0.0997. The Hall–Kier alpha value is -3.67. The fourth-order valence-corrected chi connectivity index (χ4v) is 3.66. The number of ether oxygens (including phenoxy) is 1. The highest BCUT2D eigenvalue weighted by atomic mass is 16.5. The molecule has 0 bridgehead atoms. The Morgan fingerprint density at radius 1 is 0.963 bits per heavy atom. The summed E-state index contributed by atoms with van der Waals surface area (Å²) in [5.41, 5.74) is 0.626. The Labute approximate surface area is 152 Å². The number of aromatic amines is 1. The summed E-state index contributed by atoms with van der Waals surface area (Å²) < 4.78 is 10.8. The van der Waals surface area contributed by atoms with Crippen molar-refractivity contribution in [3.63, 3.8) is 0 Å². The molecule has 0 amide bonds. The van der Waals surface area contributed by atoms with Crippen LogP contribution in [0.5, 0.6) is 5.75 Å². The predicted molar refractivity (Wildman–Crippen MR) is 99.1 cm³/mol. The third-order valence-electron chi connectivity index (χ3n) is 4.89. The van der Waals surface area contributed by atoms with Gasteiger partial charge in [0.25, 0.3) is 5.56 Å². The first-order valence-corrected chi connectivity index (χ1v) is 8.50. The van der Waals surface area contributed by atoms with E-state index in [-0.39, 0.29) is 23.3 Å². The number of H-pyrrole nitrogens is 1. The number of hydrogen-bond donors (Lipinski definition) is 1. The Bertz CT molecular complexity index is 1350. The second-order valence-corrected chi connectivity index (χ2v) is 6.50. The van der Waals surface area contributed by atoms with Gasteiger partial charge in [0.1, 0.15) is 5.58 Å². The number of esters is 1. The average molecular weight is 359 g/mol. The largest absolute Gasteiger partial charge is 0.425 e. The molecule has 132 valence electrons. The molecule has 0 saturated carbocycles. The number of benzene rings is 2. The van der Waals surface area contributed by atoms with Gasteiger partial charge in [-0.15, -0.1) is 0 Å². The van der Waals surface area contributed by atoms with Crippen molar-refractivity contribution in [2.45, 2.75) is 12.3 Å². The lowest BCUT2D eigenvalue weighted by molar-refractivity contribution is -0.135. The van der Waals surface area contributed by atoms with Crippen LogP contribution in [0.1, 0.15) is 23.5 Å². The van der Waals surface area contributed by atoms with Crippen LogP contribution in [0, 0.1) is 0 Å². The molecule has 1 atom stereocenters. The van der Waals surface area contributed by atoms with Crippen molar-refractivity contribution < 1.29 is 13.9 Å². The smallest absolute Gasteiger partial charge is 0.343 e. The van der Waals surface area contributed by atoms with Gasteiger partial charge in [-0.1, -0.05) is 30.3 Å². The zero-order chi connectivity index (χ0) is 18.5. The second-order valence-electron chi connectivity index (χ2n) is 6.50. The van der Waals surface area contributed by atoms with Gasteiger partial charge in [-0.2, -0.15) is 0 Å². The molecule has 2 aromatic heterocycles. The topological polar surface area (TPSA) is 89.4 Å². The molecule has 6 nitrogen and oxygen atoms in total. The van der Waals surface area contributed by atoms with Crippen LogP contribution in [-0.4, -0.2) is 11.0 Å². The molecule has 3 heterocycles. The van der Waals surface area contributed by atoms with Gasteiger partial charge >= 0.3 is 11.6 Å². The number of pyridine rings is 1. The lowest BCUT2D eigenvalue weighted by Crippen LogP contribution is -2.30. The van der Waals surface area contributed by atoms with Crippen molar-refractivity contribution in [1.29, 1.82) is 0 Å². The highest BCUT2D eigenvalue weighted by molar-refractivity contribution is 5.90. The molecule has 0 aliphatic carbocycles. The summed E-state index contributed by atoms with van der Waals surface area (Å²) in [4.78, 5) is 40.4. The zero-order valence-electron chi connectivity index (χ0n) is 14.0. The van der Waals surface area contributed by atoms with Gasteiger partial charge in [-0.25, -0.2) is 4.79 Å². The first-order chi connectivity index (χ1) is 13.1. The maximum atomic E-state index is 12.7. The highest BCUT2D eigenvalue weighted by Crippen LogP contribution is 2.40. The SMILES string of the molecule is O=C1C[C@@H](c2cc3ccccc3[nH]c2=O)c2c(c3ccccc3oc2=O)O1. The molecular weight excluding hydrogens is 346 g/mol. The molecule has 1 aliphatic heterocycles. The predicted octanol–water partition coefficient (Wildman–Crippen LogP) is 3.08.